The largest absolute Gasteiger partial charge is 0.294 e. The molecule has 0 spiro atoms. The molecule has 0 fully saturated rings. The number of Topliss-reactive ketones (excluding diaryl/α,β-unsaturated/α-hetero) is 1. The van der Waals surface area contributed by atoms with Gasteiger partial charge in [0, 0.05) is 40.2 Å². The van der Waals surface area contributed by atoms with Crippen molar-refractivity contribution in [1.82, 2.24) is 0 Å². The first-order valence-corrected chi connectivity index (χ1v) is 11.0. The Hall–Kier alpha value is -2.20. The van der Waals surface area contributed by atoms with Gasteiger partial charge in [-0.05, 0) is 53.6 Å². The average molecular weight is 452 g/mol. The average Bonchev–Trinajstić information content (AvgIpc) is 2.66. The maximum absolute atomic E-state index is 13.4. The molecule has 2 aromatic carbocycles. The summed E-state index contributed by atoms with van der Waals surface area (Å²) in [6.45, 7) is 6.34. The zero-order valence-corrected chi connectivity index (χ0v) is 18.8. The molecular formula is C25H26BrNO2. The number of ketones is 1. The molecule has 1 aliphatic carbocycles. The lowest BCUT2D eigenvalue weighted by Crippen LogP contribution is -2.43. The predicted octanol–water partition coefficient (Wildman–Crippen LogP) is 6.18. The molecule has 3 nitrogen and oxygen atoms in total. The van der Waals surface area contributed by atoms with Gasteiger partial charge in [0.05, 0.1) is 0 Å². The van der Waals surface area contributed by atoms with E-state index in [2.05, 4.69) is 48.8 Å². The van der Waals surface area contributed by atoms with E-state index in [9.17, 15) is 9.59 Å². The number of amides is 1. The highest BCUT2D eigenvalue weighted by Crippen LogP contribution is 2.48. The van der Waals surface area contributed by atoms with Crippen molar-refractivity contribution in [2.75, 3.05) is 4.90 Å². The minimum absolute atomic E-state index is 0.0588. The number of aryl methyl sites for hydroxylation is 1. The molecule has 0 radical (unpaired) electrons. The Morgan fingerprint density at radius 1 is 1.07 bits per heavy atom. The van der Waals surface area contributed by atoms with E-state index in [-0.39, 0.29) is 23.0 Å². The maximum Gasteiger partial charge on any atom is 0.232 e. The number of rotatable bonds is 3. The molecular weight excluding hydrogens is 426 g/mol. The molecule has 4 heteroatoms. The van der Waals surface area contributed by atoms with Crippen molar-refractivity contribution in [2.24, 2.45) is 5.41 Å². The van der Waals surface area contributed by atoms with Crippen molar-refractivity contribution < 1.29 is 9.59 Å². The van der Waals surface area contributed by atoms with Crippen LogP contribution >= 0.6 is 15.9 Å². The van der Waals surface area contributed by atoms with E-state index < -0.39 is 0 Å². The smallest absolute Gasteiger partial charge is 0.232 e. The SMILES string of the molecule is CCc1ccc(N2C(=O)CC(c3cccc(Br)c3)C3=C2CC(C)(C)CC3=O)cc1. The van der Waals surface area contributed by atoms with Gasteiger partial charge in [-0.2, -0.15) is 0 Å². The second-order valence-corrected chi connectivity index (χ2v) is 9.78. The molecule has 150 valence electrons. The molecule has 2 aromatic rings. The van der Waals surface area contributed by atoms with Gasteiger partial charge in [-0.15, -0.1) is 0 Å². The zero-order valence-electron chi connectivity index (χ0n) is 17.2. The highest BCUT2D eigenvalue weighted by molar-refractivity contribution is 9.10. The van der Waals surface area contributed by atoms with Crippen LogP contribution in [0.15, 0.2) is 64.3 Å². The normalized spacial score (nSPS) is 21.4. The number of hydrogen-bond acceptors (Lipinski definition) is 2. The third-order valence-electron chi connectivity index (χ3n) is 6.00. The number of benzene rings is 2. The van der Waals surface area contributed by atoms with Crippen LogP contribution in [0.1, 0.15) is 57.1 Å². The van der Waals surface area contributed by atoms with Gasteiger partial charge < -0.3 is 0 Å². The monoisotopic (exact) mass is 451 g/mol. The molecule has 29 heavy (non-hydrogen) atoms. The number of halogens is 1. The van der Waals surface area contributed by atoms with Crippen molar-refractivity contribution in [2.45, 2.75) is 52.4 Å². The lowest BCUT2D eigenvalue weighted by Gasteiger charge is -2.43. The second kappa shape index (κ2) is 7.56. The van der Waals surface area contributed by atoms with Gasteiger partial charge in [0.2, 0.25) is 5.91 Å². The topological polar surface area (TPSA) is 37.4 Å². The van der Waals surface area contributed by atoms with E-state index in [0.29, 0.717) is 12.8 Å². The highest BCUT2D eigenvalue weighted by Gasteiger charge is 2.44. The maximum atomic E-state index is 13.4. The Bertz CT molecular complexity index is 1000. The van der Waals surface area contributed by atoms with Gasteiger partial charge in [0.25, 0.3) is 0 Å². The number of carbonyl (C=O) groups is 2. The van der Waals surface area contributed by atoms with Crippen molar-refractivity contribution in [3.63, 3.8) is 0 Å². The third kappa shape index (κ3) is 3.83. The minimum Gasteiger partial charge on any atom is -0.294 e. The summed E-state index contributed by atoms with van der Waals surface area (Å²) in [6, 6.07) is 16.1. The number of allylic oxidation sites excluding steroid dienone is 2. The summed E-state index contributed by atoms with van der Waals surface area (Å²) in [5, 5.41) is 0. The third-order valence-corrected chi connectivity index (χ3v) is 6.49. The molecule has 1 aliphatic heterocycles. The summed E-state index contributed by atoms with van der Waals surface area (Å²) < 4.78 is 0.964. The van der Waals surface area contributed by atoms with Crippen LogP contribution in [0.5, 0.6) is 0 Å². The standard InChI is InChI=1S/C25H26BrNO2/c1-4-16-8-10-19(11-9-16)27-21-14-25(2,3)15-22(28)24(21)20(13-23(27)29)17-6-5-7-18(26)12-17/h5-12,20H,4,13-15H2,1-3H3. The summed E-state index contributed by atoms with van der Waals surface area (Å²) in [5.41, 5.74) is 4.67. The van der Waals surface area contributed by atoms with E-state index in [1.165, 1.54) is 5.56 Å². The van der Waals surface area contributed by atoms with Crippen molar-refractivity contribution in [1.29, 1.82) is 0 Å². The van der Waals surface area contributed by atoms with Gasteiger partial charge >= 0.3 is 0 Å². The van der Waals surface area contributed by atoms with Gasteiger partial charge in [-0.3, -0.25) is 14.5 Å². The fraction of sp³-hybridized carbons (Fsp3) is 0.360. The van der Waals surface area contributed by atoms with Crippen LogP contribution in [-0.4, -0.2) is 11.7 Å². The number of carbonyl (C=O) groups excluding carboxylic acids is 2. The Morgan fingerprint density at radius 2 is 1.79 bits per heavy atom. The van der Waals surface area contributed by atoms with E-state index in [1.807, 2.05) is 41.3 Å². The van der Waals surface area contributed by atoms with E-state index in [0.717, 1.165) is 39.8 Å². The molecule has 2 aliphatic rings. The predicted molar refractivity (Wildman–Crippen MR) is 120 cm³/mol. The first-order valence-electron chi connectivity index (χ1n) is 10.2. The summed E-state index contributed by atoms with van der Waals surface area (Å²) in [5.74, 6) is 0.0529. The summed E-state index contributed by atoms with van der Waals surface area (Å²) in [7, 11) is 0. The molecule has 0 saturated carbocycles. The van der Waals surface area contributed by atoms with Crippen molar-refractivity contribution in [3.05, 3.63) is 75.4 Å². The quantitative estimate of drug-likeness (QED) is 0.558. The minimum atomic E-state index is -0.176. The first kappa shape index (κ1) is 20.1. The molecule has 0 aromatic heterocycles. The van der Waals surface area contributed by atoms with E-state index in [1.54, 1.807) is 0 Å². The molecule has 1 atom stereocenters. The van der Waals surface area contributed by atoms with Crippen LogP contribution in [0.4, 0.5) is 5.69 Å². The molecule has 0 N–H and O–H groups in total. The lowest BCUT2D eigenvalue weighted by molar-refractivity contribution is -0.121. The summed E-state index contributed by atoms with van der Waals surface area (Å²) in [6.07, 6.45) is 2.52. The van der Waals surface area contributed by atoms with Gasteiger partial charge in [-0.25, -0.2) is 0 Å². The van der Waals surface area contributed by atoms with E-state index >= 15 is 0 Å². The molecule has 4 rings (SSSR count). The van der Waals surface area contributed by atoms with Crippen LogP contribution in [0.25, 0.3) is 0 Å². The molecule has 0 bridgehead atoms. The van der Waals surface area contributed by atoms with Crippen LogP contribution in [-0.2, 0) is 16.0 Å². The zero-order chi connectivity index (χ0) is 20.8. The number of anilines is 1. The van der Waals surface area contributed by atoms with E-state index in [4.69, 9.17) is 0 Å². The van der Waals surface area contributed by atoms with Crippen molar-refractivity contribution in [3.8, 4) is 0 Å². The molecule has 0 saturated heterocycles. The van der Waals surface area contributed by atoms with Crippen LogP contribution in [0.3, 0.4) is 0 Å². The Kier molecular flexibility index (Phi) is 5.24. The second-order valence-electron chi connectivity index (χ2n) is 8.86. The first-order chi connectivity index (χ1) is 13.8. The highest BCUT2D eigenvalue weighted by atomic mass is 79.9. The summed E-state index contributed by atoms with van der Waals surface area (Å²) in [4.78, 5) is 28.5. The van der Waals surface area contributed by atoms with Gasteiger partial charge in [0.15, 0.2) is 5.78 Å². The van der Waals surface area contributed by atoms with Gasteiger partial charge in [0.1, 0.15) is 0 Å². The Balaban J connectivity index is 1.87. The van der Waals surface area contributed by atoms with Gasteiger partial charge in [-0.1, -0.05) is 61.0 Å². The molecule has 1 amide bonds. The Morgan fingerprint density at radius 3 is 2.45 bits per heavy atom. The summed E-state index contributed by atoms with van der Waals surface area (Å²) >= 11 is 3.53. The number of hydrogen-bond donors (Lipinski definition) is 0. The van der Waals surface area contributed by atoms with Crippen LogP contribution in [0, 0.1) is 5.41 Å². The fourth-order valence-electron chi connectivity index (χ4n) is 4.60. The van der Waals surface area contributed by atoms with Crippen LogP contribution < -0.4 is 4.90 Å². The lowest BCUT2D eigenvalue weighted by atomic mass is 9.69. The molecule has 1 heterocycles. The molecule has 1 unspecified atom stereocenters. The fourth-order valence-corrected chi connectivity index (χ4v) is 5.02. The van der Waals surface area contributed by atoms with Crippen LogP contribution in [0.2, 0.25) is 0 Å². The van der Waals surface area contributed by atoms with Crippen molar-refractivity contribution >= 4 is 33.3 Å². The Labute approximate surface area is 180 Å². The number of nitrogens with zero attached hydrogens (tertiary/aromatic N) is 1.